The first kappa shape index (κ1) is 21.2. The summed E-state index contributed by atoms with van der Waals surface area (Å²) in [4.78, 5) is 29.9. The van der Waals surface area contributed by atoms with Crippen molar-refractivity contribution in [2.24, 2.45) is 0 Å². The van der Waals surface area contributed by atoms with Crippen LogP contribution in [0.2, 0.25) is 0 Å². The third-order valence-electron chi connectivity index (χ3n) is 5.51. The zero-order valence-electron chi connectivity index (χ0n) is 18.4. The number of fused-ring (bicyclic) bond motifs is 1. The number of amides is 2. The Morgan fingerprint density at radius 1 is 0.844 bits per heavy atom. The Bertz CT molecular complexity index is 1160. The lowest BCUT2D eigenvalue weighted by atomic mass is 9.99. The van der Waals surface area contributed by atoms with E-state index >= 15 is 0 Å². The second-order valence-corrected chi connectivity index (χ2v) is 7.26. The molecule has 0 aliphatic carbocycles. The third kappa shape index (κ3) is 3.51. The molecule has 0 fully saturated rings. The third-order valence-corrected chi connectivity index (χ3v) is 5.51. The van der Waals surface area contributed by atoms with E-state index in [1.54, 1.807) is 85.7 Å². The molecule has 3 aromatic rings. The number of methoxy groups -OCH3 is 3. The maximum absolute atomic E-state index is 13.7. The molecule has 0 spiro atoms. The molecule has 1 unspecified atom stereocenters. The Morgan fingerprint density at radius 3 is 2.12 bits per heavy atom. The fraction of sp³-hybridized carbons (Fsp3) is 0.200. The van der Waals surface area contributed by atoms with Crippen LogP contribution in [0.25, 0.3) is 0 Å². The van der Waals surface area contributed by atoms with Crippen LogP contribution < -0.4 is 24.0 Å². The Balaban J connectivity index is 1.98. The number of hydrogen-bond acceptors (Lipinski definition) is 5. The van der Waals surface area contributed by atoms with E-state index in [2.05, 4.69) is 0 Å². The number of rotatable bonds is 5. The van der Waals surface area contributed by atoms with Crippen molar-refractivity contribution in [3.05, 3.63) is 77.9 Å². The maximum Gasteiger partial charge on any atom is 0.262 e. The molecule has 164 valence electrons. The molecule has 2 amide bonds. The Hall–Kier alpha value is -4.00. The Morgan fingerprint density at radius 2 is 1.50 bits per heavy atom. The van der Waals surface area contributed by atoms with Gasteiger partial charge in [0.15, 0.2) is 0 Å². The van der Waals surface area contributed by atoms with Gasteiger partial charge in [0.2, 0.25) is 5.91 Å². The van der Waals surface area contributed by atoms with Gasteiger partial charge in [-0.05, 0) is 48.5 Å². The summed E-state index contributed by atoms with van der Waals surface area (Å²) < 4.78 is 16.2. The smallest absolute Gasteiger partial charge is 0.262 e. The number of nitrogens with zero attached hydrogens (tertiary/aromatic N) is 2. The van der Waals surface area contributed by atoms with Crippen LogP contribution >= 0.6 is 0 Å². The summed E-state index contributed by atoms with van der Waals surface area (Å²) in [6.45, 7) is 1.49. The number of ether oxygens (including phenoxy) is 3. The summed E-state index contributed by atoms with van der Waals surface area (Å²) in [5, 5.41) is 0. The van der Waals surface area contributed by atoms with Crippen LogP contribution in [-0.4, -0.2) is 33.1 Å². The fourth-order valence-electron chi connectivity index (χ4n) is 4.01. The number of carbonyl (C=O) groups is 2. The van der Waals surface area contributed by atoms with Crippen molar-refractivity contribution in [2.45, 2.75) is 13.1 Å². The van der Waals surface area contributed by atoms with E-state index in [0.29, 0.717) is 39.8 Å². The molecule has 7 heteroatoms. The predicted molar refractivity (Wildman–Crippen MR) is 122 cm³/mol. The van der Waals surface area contributed by atoms with Gasteiger partial charge in [0, 0.05) is 24.2 Å². The molecule has 0 aromatic heterocycles. The first-order valence-electron chi connectivity index (χ1n) is 10.1. The van der Waals surface area contributed by atoms with E-state index in [-0.39, 0.29) is 11.8 Å². The largest absolute Gasteiger partial charge is 0.497 e. The summed E-state index contributed by atoms with van der Waals surface area (Å²) in [7, 11) is 4.70. The quantitative estimate of drug-likeness (QED) is 0.597. The molecule has 1 aliphatic rings. The van der Waals surface area contributed by atoms with Crippen LogP contribution in [0.15, 0.2) is 66.7 Å². The number of benzene rings is 3. The molecule has 0 bridgehead atoms. The summed E-state index contributed by atoms with van der Waals surface area (Å²) in [5.74, 6) is 1.36. The molecule has 0 radical (unpaired) electrons. The van der Waals surface area contributed by atoms with Gasteiger partial charge in [0.25, 0.3) is 5.91 Å². The topological polar surface area (TPSA) is 68.3 Å². The summed E-state index contributed by atoms with van der Waals surface area (Å²) in [5.41, 5.74) is 2.28. The van der Waals surface area contributed by atoms with Gasteiger partial charge in [-0.25, -0.2) is 0 Å². The number of anilines is 2. The summed E-state index contributed by atoms with van der Waals surface area (Å²) >= 11 is 0. The molecule has 0 saturated carbocycles. The van der Waals surface area contributed by atoms with Crippen molar-refractivity contribution in [3.63, 3.8) is 0 Å². The molecular weight excluding hydrogens is 408 g/mol. The van der Waals surface area contributed by atoms with Gasteiger partial charge in [-0.1, -0.05) is 12.1 Å². The summed E-state index contributed by atoms with van der Waals surface area (Å²) in [6, 6.07) is 19.6. The second kappa shape index (κ2) is 8.63. The second-order valence-electron chi connectivity index (χ2n) is 7.26. The van der Waals surface area contributed by atoms with Crippen LogP contribution in [0.5, 0.6) is 17.2 Å². The predicted octanol–water partition coefficient (Wildman–Crippen LogP) is 4.42. The summed E-state index contributed by atoms with van der Waals surface area (Å²) in [6.07, 6.45) is -0.760. The zero-order valence-corrected chi connectivity index (χ0v) is 18.4. The van der Waals surface area contributed by atoms with Crippen LogP contribution in [0.4, 0.5) is 11.4 Å². The van der Waals surface area contributed by atoms with E-state index < -0.39 is 6.17 Å². The van der Waals surface area contributed by atoms with Crippen LogP contribution in [-0.2, 0) is 4.79 Å². The molecule has 7 nitrogen and oxygen atoms in total. The van der Waals surface area contributed by atoms with Crippen molar-refractivity contribution >= 4 is 23.2 Å². The maximum atomic E-state index is 13.7. The molecule has 32 heavy (non-hydrogen) atoms. The first-order valence-corrected chi connectivity index (χ1v) is 10.1. The van der Waals surface area contributed by atoms with Crippen molar-refractivity contribution in [1.29, 1.82) is 0 Å². The van der Waals surface area contributed by atoms with Crippen molar-refractivity contribution in [1.82, 2.24) is 0 Å². The molecule has 1 atom stereocenters. The van der Waals surface area contributed by atoms with Gasteiger partial charge < -0.3 is 14.2 Å². The number of para-hydroxylation sites is 1. The monoisotopic (exact) mass is 432 g/mol. The van der Waals surface area contributed by atoms with Crippen molar-refractivity contribution in [3.8, 4) is 17.2 Å². The minimum Gasteiger partial charge on any atom is -0.497 e. The standard InChI is InChI=1S/C25H24N2O5/c1-16(28)26-22-8-6-5-7-20(22)25(29)27(17-9-11-18(30-2)12-10-17)24(26)21-14-13-19(31-3)15-23(21)32-4/h5-15,24H,1-4H3. The van der Waals surface area contributed by atoms with E-state index in [0.717, 1.165) is 0 Å². The zero-order chi connectivity index (χ0) is 22.8. The van der Waals surface area contributed by atoms with E-state index in [1.807, 2.05) is 12.1 Å². The van der Waals surface area contributed by atoms with Gasteiger partial charge in [-0.15, -0.1) is 0 Å². The normalized spacial score (nSPS) is 15.2. The number of carbonyl (C=O) groups excluding carboxylic acids is 2. The van der Waals surface area contributed by atoms with Crippen LogP contribution in [0, 0.1) is 0 Å². The molecule has 0 N–H and O–H groups in total. The average Bonchev–Trinajstić information content (AvgIpc) is 2.83. The molecule has 4 rings (SSSR count). The lowest BCUT2D eigenvalue weighted by Crippen LogP contribution is -2.51. The van der Waals surface area contributed by atoms with Gasteiger partial charge >= 0.3 is 0 Å². The Kier molecular flexibility index (Phi) is 5.73. The highest BCUT2D eigenvalue weighted by molar-refractivity contribution is 6.16. The molecule has 1 aliphatic heterocycles. The highest BCUT2D eigenvalue weighted by Gasteiger charge is 2.42. The number of hydrogen-bond donors (Lipinski definition) is 0. The van der Waals surface area contributed by atoms with E-state index in [1.165, 1.54) is 6.92 Å². The van der Waals surface area contributed by atoms with E-state index in [4.69, 9.17) is 14.2 Å². The highest BCUT2D eigenvalue weighted by Crippen LogP contribution is 2.44. The first-order chi connectivity index (χ1) is 15.5. The lowest BCUT2D eigenvalue weighted by Gasteiger charge is -2.44. The minimum atomic E-state index is -0.760. The minimum absolute atomic E-state index is 0.202. The SMILES string of the molecule is COc1ccc(N2C(=O)c3ccccc3N(C(C)=O)C2c2ccc(OC)cc2OC)cc1. The Labute approximate surface area is 186 Å². The average molecular weight is 432 g/mol. The fourth-order valence-corrected chi connectivity index (χ4v) is 4.01. The van der Waals surface area contributed by atoms with Gasteiger partial charge in [0.05, 0.1) is 32.6 Å². The van der Waals surface area contributed by atoms with Crippen molar-refractivity contribution in [2.75, 3.05) is 31.1 Å². The molecule has 3 aromatic carbocycles. The van der Waals surface area contributed by atoms with Crippen molar-refractivity contribution < 1.29 is 23.8 Å². The highest BCUT2D eigenvalue weighted by atomic mass is 16.5. The van der Waals surface area contributed by atoms with Crippen LogP contribution in [0.1, 0.15) is 29.0 Å². The van der Waals surface area contributed by atoms with Gasteiger partial charge in [0.1, 0.15) is 23.4 Å². The van der Waals surface area contributed by atoms with Crippen LogP contribution in [0.3, 0.4) is 0 Å². The van der Waals surface area contributed by atoms with E-state index in [9.17, 15) is 9.59 Å². The van der Waals surface area contributed by atoms with Gasteiger partial charge in [-0.2, -0.15) is 0 Å². The molecule has 1 heterocycles. The van der Waals surface area contributed by atoms with Gasteiger partial charge in [-0.3, -0.25) is 19.4 Å². The molecule has 0 saturated heterocycles. The molecular formula is C25H24N2O5. The lowest BCUT2D eigenvalue weighted by molar-refractivity contribution is -0.117.